The van der Waals surface area contributed by atoms with Crippen LogP contribution in [0.1, 0.15) is 67.8 Å². The van der Waals surface area contributed by atoms with Crippen LogP contribution in [0.5, 0.6) is 0 Å². The molecule has 0 unspecified atom stereocenters. The number of hydrogen-bond donors (Lipinski definition) is 2. The minimum absolute atomic E-state index is 0.0598. The molecule has 1 heterocycles. The first-order valence-corrected chi connectivity index (χ1v) is 7.95. The van der Waals surface area contributed by atoms with Crippen LogP contribution < -0.4 is 5.32 Å². The summed E-state index contributed by atoms with van der Waals surface area (Å²) in [5, 5.41) is 12.5. The summed E-state index contributed by atoms with van der Waals surface area (Å²) in [6, 6.07) is 1.82. The fraction of sp³-hybridized carbons (Fsp3) is 0.706. The molecule has 0 atom stereocenters. The molecule has 0 radical (unpaired) electrons. The highest BCUT2D eigenvalue weighted by Crippen LogP contribution is 2.42. The van der Waals surface area contributed by atoms with E-state index in [0.717, 1.165) is 12.5 Å². The molecule has 0 saturated heterocycles. The van der Waals surface area contributed by atoms with E-state index in [1.54, 1.807) is 6.92 Å². The molecule has 1 aromatic heterocycles. The molecule has 2 rings (SSSR count). The monoisotopic (exact) mass is 293 g/mol. The van der Waals surface area contributed by atoms with Crippen LogP contribution in [0.4, 0.5) is 0 Å². The Balaban J connectivity index is 1.90. The normalized spacial score (nSPS) is 17.5. The Bertz CT molecular complexity index is 484. The van der Waals surface area contributed by atoms with E-state index in [1.807, 2.05) is 6.07 Å². The third kappa shape index (κ3) is 4.10. The van der Waals surface area contributed by atoms with Gasteiger partial charge in [-0.05, 0) is 43.6 Å². The second kappa shape index (κ2) is 6.65. The van der Waals surface area contributed by atoms with E-state index in [-0.39, 0.29) is 5.76 Å². The molecule has 2 N–H and O–H groups in total. The van der Waals surface area contributed by atoms with Gasteiger partial charge in [0.1, 0.15) is 5.76 Å². The molecular weight excluding hydrogens is 266 g/mol. The maximum absolute atomic E-state index is 11.0. The summed E-state index contributed by atoms with van der Waals surface area (Å²) in [5.74, 6) is 0.493. The predicted octanol–water partition coefficient (Wildman–Crippen LogP) is 3.98. The van der Waals surface area contributed by atoms with Gasteiger partial charge in [-0.1, -0.05) is 26.7 Å². The zero-order valence-corrected chi connectivity index (χ0v) is 13.4. The van der Waals surface area contributed by atoms with Gasteiger partial charge in [0.05, 0.1) is 6.54 Å². The molecule has 0 amide bonds. The first-order valence-electron chi connectivity index (χ1n) is 7.95. The van der Waals surface area contributed by atoms with Crippen LogP contribution in [-0.4, -0.2) is 17.6 Å². The van der Waals surface area contributed by atoms with Gasteiger partial charge in [0.15, 0.2) is 0 Å². The molecule has 1 aliphatic rings. The van der Waals surface area contributed by atoms with Crippen molar-refractivity contribution in [3.63, 3.8) is 0 Å². The molecule has 1 aromatic rings. The van der Waals surface area contributed by atoms with Crippen molar-refractivity contribution in [2.75, 3.05) is 6.54 Å². The van der Waals surface area contributed by atoms with Crippen LogP contribution in [0, 0.1) is 18.3 Å². The lowest BCUT2D eigenvalue weighted by Crippen LogP contribution is -2.33. The van der Waals surface area contributed by atoms with E-state index in [9.17, 15) is 4.79 Å². The van der Waals surface area contributed by atoms with Gasteiger partial charge in [-0.25, -0.2) is 4.79 Å². The summed E-state index contributed by atoms with van der Waals surface area (Å²) in [5.41, 5.74) is 1.11. The number of nitrogens with one attached hydrogen (secondary N) is 1. The topological polar surface area (TPSA) is 62.5 Å². The highest BCUT2D eigenvalue weighted by Gasteiger charge is 2.33. The summed E-state index contributed by atoms with van der Waals surface area (Å²) >= 11 is 0. The van der Waals surface area contributed by atoms with Gasteiger partial charge in [-0.2, -0.15) is 0 Å². The van der Waals surface area contributed by atoms with E-state index in [4.69, 9.17) is 9.52 Å². The van der Waals surface area contributed by atoms with Crippen molar-refractivity contribution in [3.8, 4) is 0 Å². The highest BCUT2D eigenvalue weighted by atomic mass is 16.4. The number of carboxylic acids is 1. The number of hydrogen-bond acceptors (Lipinski definition) is 3. The number of carboxylic acid groups (broad SMARTS) is 1. The number of aromatic carboxylic acids is 1. The highest BCUT2D eigenvalue weighted by molar-refractivity contribution is 5.86. The average Bonchev–Trinajstić information content (AvgIpc) is 2.96. The quantitative estimate of drug-likeness (QED) is 0.798. The van der Waals surface area contributed by atoms with Crippen molar-refractivity contribution < 1.29 is 14.3 Å². The molecule has 4 heteroatoms. The van der Waals surface area contributed by atoms with E-state index in [2.05, 4.69) is 19.2 Å². The maximum Gasteiger partial charge on any atom is 0.372 e. The van der Waals surface area contributed by atoms with Crippen molar-refractivity contribution in [3.05, 3.63) is 23.2 Å². The zero-order valence-electron chi connectivity index (χ0n) is 13.4. The Morgan fingerprint density at radius 2 is 2.10 bits per heavy atom. The van der Waals surface area contributed by atoms with Crippen molar-refractivity contribution >= 4 is 5.97 Å². The molecule has 0 aromatic carbocycles. The van der Waals surface area contributed by atoms with Crippen LogP contribution in [0.25, 0.3) is 0 Å². The molecule has 21 heavy (non-hydrogen) atoms. The SMILES string of the molecule is Cc1cc(CNCC2(CC(C)C)CCCC2)oc1C(=O)O. The fourth-order valence-corrected chi connectivity index (χ4v) is 3.74. The second-order valence-electron chi connectivity index (χ2n) is 6.94. The standard InChI is InChI=1S/C17H27NO3/c1-12(2)9-17(6-4-5-7-17)11-18-10-14-8-13(3)15(21-14)16(19)20/h8,12,18H,4-7,9-11H2,1-3H3,(H,19,20). The lowest BCUT2D eigenvalue weighted by molar-refractivity contribution is 0.0659. The van der Waals surface area contributed by atoms with Gasteiger partial charge in [0.2, 0.25) is 5.76 Å². The first-order chi connectivity index (χ1) is 9.92. The van der Waals surface area contributed by atoms with Crippen LogP contribution in [0.2, 0.25) is 0 Å². The van der Waals surface area contributed by atoms with E-state index >= 15 is 0 Å². The predicted molar refractivity (Wildman–Crippen MR) is 82.5 cm³/mol. The summed E-state index contributed by atoms with van der Waals surface area (Å²) in [6.45, 7) is 7.94. The molecule has 1 fully saturated rings. The van der Waals surface area contributed by atoms with Crippen LogP contribution in [0.3, 0.4) is 0 Å². The second-order valence-corrected chi connectivity index (χ2v) is 6.94. The third-order valence-electron chi connectivity index (χ3n) is 4.47. The Morgan fingerprint density at radius 1 is 1.43 bits per heavy atom. The third-order valence-corrected chi connectivity index (χ3v) is 4.47. The Morgan fingerprint density at radius 3 is 2.62 bits per heavy atom. The zero-order chi connectivity index (χ0) is 15.5. The lowest BCUT2D eigenvalue weighted by atomic mass is 9.78. The van der Waals surface area contributed by atoms with Crippen molar-refractivity contribution in [1.82, 2.24) is 5.32 Å². The minimum Gasteiger partial charge on any atom is -0.475 e. The molecule has 0 aliphatic heterocycles. The largest absolute Gasteiger partial charge is 0.475 e. The van der Waals surface area contributed by atoms with Gasteiger partial charge in [-0.15, -0.1) is 0 Å². The Hall–Kier alpha value is -1.29. The van der Waals surface area contributed by atoms with Crippen molar-refractivity contribution in [2.45, 2.75) is 59.4 Å². The van der Waals surface area contributed by atoms with Crippen LogP contribution in [0.15, 0.2) is 10.5 Å². The van der Waals surface area contributed by atoms with Crippen LogP contribution >= 0.6 is 0 Å². The molecular formula is C17H27NO3. The van der Waals surface area contributed by atoms with Gasteiger partial charge in [0.25, 0.3) is 0 Å². The summed E-state index contributed by atoms with van der Waals surface area (Å²) < 4.78 is 5.39. The summed E-state index contributed by atoms with van der Waals surface area (Å²) in [6.07, 6.45) is 6.53. The number of aryl methyl sites for hydroxylation is 1. The number of rotatable bonds is 7. The number of furan rings is 1. The Labute approximate surface area is 126 Å². The first kappa shape index (κ1) is 16.1. The van der Waals surface area contributed by atoms with Crippen molar-refractivity contribution in [2.24, 2.45) is 11.3 Å². The van der Waals surface area contributed by atoms with Gasteiger partial charge in [0, 0.05) is 12.1 Å². The van der Waals surface area contributed by atoms with E-state index in [1.165, 1.54) is 32.1 Å². The number of carbonyl (C=O) groups is 1. The maximum atomic E-state index is 11.0. The molecule has 1 saturated carbocycles. The fourth-order valence-electron chi connectivity index (χ4n) is 3.74. The lowest BCUT2D eigenvalue weighted by Gasteiger charge is -2.31. The molecule has 1 aliphatic carbocycles. The van der Waals surface area contributed by atoms with Gasteiger partial charge >= 0.3 is 5.97 Å². The Kier molecular flexibility index (Phi) is 5.09. The molecule has 4 nitrogen and oxygen atoms in total. The van der Waals surface area contributed by atoms with Gasteiger partial charge in [-0.3, -0.25) is 0 Å². The van der Waals surface area contributed by atoms with E-state index in [0.29, 0.717) is 23.3 Å². The minimum atomic E-state index is -0.995. The van der Waals surface area contributed by atoms with Gasteiger partial charge < -0.3 is 14.8 Å². The summed E-state index contributed by atoms with van der Waals surface area (Å²) in [4.78, 5) is 11.0. The summed E-state index contributed by atoms with van der Waals surface area (Å²) in [7, 11) is 0. The molecule has 0 bridgehead atoms. The molecule has 118 valence electrons. The van der Waals surface area contributed by atoms with Crippen LogP contribution in [-0.2, 0) is 6.54 Å². The smallest absolute Gasteiger partial charge is 0.372 e. The molecule has 0 spiro atoms. The van der Waals surface area contributed by atoms with Crippen molar-refractivity contribution in [1.29, 1.82) is 0 Å². The average molecular weight is 293 g/mol. The van der Waals surface area contributed by atoms with E-state index < -0.39 is 5.97 Å².